The van der Waals surface area contributed by atoms with Gasteiger partial charge >= 0.3 is 5.69 Å². The maximum Gasteiger partial charge on any atom is 0.351 e. The van der Waals surface area contributed by atoms with Crippen LogP contribution in [0.3, 0.4) is 0 Å². The van der Waals surface area contributed by atoms with Crippen LogP contribution >= 0.6 is 56.4 Å². The van der Waals surface area contributed by atoms with Crippen LogP contribution in [0.25, 0.3) is 0 Å². The van der Waals surface area contributed by atoms with Crippen molar-refractivity contribution in [3.63, 3.8) is 0 Å². The topological polar surface area (TPSA) is 111 Å². The zero-order valence-corrected chi connectivity index (χ0v) is 14.7. The van der Waals surface area contributed by atoms with Crippen LogP contribution < -0.4 is 11.4 Å². The van der Waals surface area contributed by atoms with Crippen LogP contribution in [0.1, 0.15) is 6.23 Å². The van der Waals surface area contributed by atoms with E-state index in [1.807, 2.05) is 0 Å². The van der Waals surface area contributed by atoms with Gasteiger partial charge in [-0.3, -0.25) is 4.57 Å². The van der Waals surface area contributed by atoms with E-state index in [0.29, 0.717) is 0 Å². The Morgan fingerprint density at radius 2 is 2.18 bits per heavy atom. The molecule has 1 aliphatic rings. The summed E-state index contributed by atoms with van der Waals surface area (Å²) < 4.78 is 5.10. The molecule has 4 N–H and O–H groups in total. The number of rotatable bonds is 4. The summed E-state index contributed by atoms with van der Waals surface area (Å²) in [7, 11) is 1.94. The van der Waals surface area contributed by atoms with E-state index >= 15 is 0 Å². The number of anilines is 1. The van der Waals surface area contributed by atoms with Gasteiger partial charge in [0.1, 0.15) is 11.9 Å². The Bertz CT molecular complexity index is 585. The number of nitrogens with two attached hydrogens (primary N) is 1. The lowest BCUT2D eigenvalue weighted by Crippen LogP contribution is -2.34. The molecule has 2 heterocycles. The summed E-state index contributed by atoms with van der Waals surface area (Å²) in [5, 5.41) is 18.8. The third-order valence-corrected chi connectivity index (χ3v) is 7.11. The summed E-state index contributed by atoms with van der Waals surface area (Å²) in [6, 6.07) is 1.42. The molecule has 12 heteroatoms. The van der Waals surface area contributed by atoms with Crippen molar-refractivity contribution < 1.29 is 14.9 Å². The lowest BCUT2D eigenvalue weighted by molar-refractivity contribution is -0.0456. The first-order chi connectivity index (χ1) is 10.2. The van der Waals surface area contributed by atoms with Crippen LogP contribution in [0.15, 0.2) is 17.1 Å². The lowest BCUT2D eigenvalue weighted by atomic mass is 10.2. The number of aliphatic hydroxyl groups excluding tert-OH is 2. The molecule has 1 saturated heterocycles. The van der Waals surface area contributed by atoms with Crippen LogP contribution in [0.2, 0.25) is 0 Å². The van der Waals surface area contributed by atoms with Crippen LogP contribution in [0.4, 0.5) is 5.82 Å². The zero-order valence-electron chi connectivity index (χ0n) is 10.8. The second-order valence-electron chi connectivity index (χ2n) is 4.37. The summed E-state index contributed by atoms with van der Waals surface area (Å²) in [5.41, 5.74) is 4.80. The minimum atomic E-state index is -1.60. The minimum Gasteiger partial charge on any atom is -0.394 e. The molecule has 1 aromatic rings. The maximum absolute atomic E-state index is 11.9. The molecule has 0 aliphatic carbocycles. The van der Waals surface area contributed by atoms with Gasteiger partial charge in [0.2, 0.25) is 3.12 Å². The van der Waals surface area contributed by atoms with E-state index in [1.165, 1.54) is 16.8 Å². The highest BCUT2D eigenvalue weighted by atomic mass is 35.6. The number of aliphatic hydroxyl groups is 2. The van der Waals surface area contributed by atoms with E-state index in [4.69, 9.17) is 45.3 Å². The fourth-order valence-corrected chi connectivity index (χ4v) is 5.00. The molecule has 1 fully saturated rings. The largest absolute Gasteiger partial charge is 0.394 e. The van der Waals surface area contributed by atoms with Crippen LogP contribution in [0.5, 0.6) is 0 Å². The molecule has 0 amide bonds. The molecule has 1 unspecified atom stereocenters. The molecular weight excluding hydrogens is 397 g/mol. The Morgan fingerprint density at radius 3 is 2.73 bits per heavy atom. The number of hydrogen-bond donors (Lipinski definition) is 3. The quantitative estimate of drug-likeness (QED) is 0.503. The maximum atomic E-state index is 11.9. The van der Waals surface area contributed by atoms with Crippen LogP contribution in [0, 0.1) is 0 Å². The molecule has 2 rings (SSSR count). The van der Waals surface area contributed by atoms with Crippen molar-refractivity contribution in [2.75, 3.05) is 12.3 Å². The van der Waals surface area contributed by atoms with Crippen LogP contribution in [-0.2, 0) is 4.74 Å². The number of nitrogens with zero attached hydrogens (tertiary/aromatic N) is 2. The van der Waals surface area contributed by atoms with E-state index in [9.17, 15) is 15.0 Å². The first kappa shape index (κ1) is 18.5. The van der Waals surface area contributed by atoms with Crippen molar-refractivity contribution in [3.05, 3.63) is 22.7 Å². The molecule has 124 valence electrons. The summed E-state index contributed by atoms with van der Waals surface area (Å²) in [6.45, 7) is -0.412. The monoisotopic (exact) mass is 407 g/mol. The first-order valence-electron chi connectivity index (χ1n) is 5.93. The van der Waals surface area contributed by atoms with Gasteiger partial charge in [-0.15, -0.1) is 0 Å². The minimum absolute atomic E-state index is 0.0679. The average Bonchev–Trinajstić information content (AvgIpc) is 2.72. The van der Waals surface area contributed by atoms with Gasteiger partial charge < -0.3 is 20.7 Å². The smallest absolute Gasteiger partial charge is 0.351 e. The fourth-order valence-electron chi connectivity index (χ4n) is 1.93. The third kappa shape index (κ3) is 4.35. The molecule has 0 spiro atoms. The fraction of sp³-hybridized carbons (Fsp3) is 0.600. The number of alkyl halides is 3. The normalized spacial score (nSPS) is 29.0. The zero-order chi connectivity index (χ0) is 16.5. The number of halogens is 3. The van der Waals surface area contributed by atoms with Gasteiger partial charge in [-0.05, 0) is 16.9 Å². The van der Waals surface area contributed by atoms with Gasteiger partial charge in [-0.2, -0.15) is 4.98 Å². The van der Waals surface area contributed by atoms with E-state index in [1.54, 1.807) is 0 Å². The Balaban J connectivity index is 2.27. The standard InChI is InChI=1S/C10H12Cl3N3O4S2/c11-10(12,13)22-21-7-6(18)4(3-17)20-8(7)16-2-1-5(14)15-9(16)19/h1-2,4,6-8,17-18H,3H2,(H2,14,15,19)/t4-,6-,7?,8-/m1/s1. The van der Waals surface area contributed by atoms with Gasteiger partial charge in [0.25, 0.3) is 0 Å². The van der Waals surface area contributed by atoms with Gasteiger partial charge in [0, 0.05) is 6.20 Å². The highest BCUT2D eigenvalue weighted by Gasteiger charge is 2.46. The highest BCUT2D eigenvalue weighted by molar-refractivity contribution is 8.78. The van der Waals surface area contributed by atoms with Crippen molar-refractivity contribution in [3.8, 4) is 0 Å². The highest BCUT2D eigenvalue weighted by Crippen LogP contribution is 2.51. The summed E-state index contributed by atoms with van der Waals surface area (Å²) >= 11 is 17.0. The van der Waals surface area contributed by atoms with Gasteiger partial charge in [-0.25, -0.2) is 4.79 Å². The molecular formula is C10H12Cl3N3O4S2. The molecule has 22 heavy (non-hydrogen) atoms. The molecule has 1 aromatic heterocycles. The molecule has 0 radical (unpaired) electrons. The molecule has 7 nitrogen and oxygen atoms in total. The Hall–Kier alpha value is 0.130. The van der Waals surface area contributed by atoms with Crippen LogP contribution in [-0.4, -0.2) is 47.0 Å². The molecule has 0 aromatic carbocycles. The molecule has 1 aliphatic heterocycles. The summed E-state index contributed by atoms with van der Waals surface area (Å²) in [5.74, 6) is 0.0679. The number of hydrogen-bond acceptors (Lipinski definition) is 8. The van der Waals surface area contributed by atoms with Crippen molar-refractivity contribution in [2.24, 2.45) is 0 Å². The first-order valence-corrected chi connectivity index (χ1v) is 9.28. The predicted octanol–water partition coefficient (Wildman–Crippen LogP) is 1.15. The number of nitrogen functional groups attached to an aromatic ring is 1. The van der Waals surface area contributed by atoms with Gasteiger partial charge in [-0.1, -0.05) is 45.6 Å². The third-order valence-electron chi connectivity index (χ3n) is 2.87. The summed E-state index contributed by atoms with van der Waals surface area (Å²) in [6.07, 6.45) is -1.39. The lowest BCUT2D eigenvalue weighted by Gasteiger charge is -2.22. The average molecular weight is 409 g/mol. The Labute approximate surface area is 148 Å². The van der Waals surface area contributed by atoms with Gasteiger partial charge in [0.05, 0.1) is 18.0 Å². The van der Waals surface area contributed by atoms with Gasteiger partial charge in [0.15, 0.2) is 6.23 Å². The second-order valence-corrected chi connectivity index (χ2v) is 9.92. The van der Waals surface area contributed by atoms with E-state index in [2.05, 4.69) is 4.98 Å². The Morgan fingerprint density at radius 1 is 1.50 bits per heavy atom. The molecule has 0 bridgehead atoms. The SMILES string of the molecule is Nc1ccn([C@@H]2O[C@H](CO)[C@@H](O)C2SSC(Cl)(Cl)Cl)c(=O)n1. The van der Waals surface area contributed by atoms with E-state index in [-0.39, 0.29) is 5.82 Å². The molecule has 4 atom stereocenters. The Kier molecular flexibility index (Phi) is 6.17. The predicted molar refractivity (Wildman–Crippen MR) is 89.2 cm³/mol. The van der Waals surface area contributed by atoms with Crippen molar-refractivity contribution in [1.29, 1.82) is 0 Å². The number of aromatic nitrogens is 2. The molecule has 0 saturated carbocycles. The second kappa shape index (κ2) is 7.35. The van der Waals surface area contributed by atoms with E-state index < -0.39 is 39.1 Å². The number of ether oxygens (including phenoxy) is 1. The summed E-state index contributed by atoms with van der Waals surface area (Å²) in [4.78, 5) is 15.5. The van der Waals surface area contributed by atoms with E-state index in [0.717, 1.165) is 21.6 Å². The van der Waals surface area contributed by atoms with Crippen molar-refractivity contribution in [2.45, 2.75) is 26.8 Å². The van der Waals surface area contributed by atoms with Crippen molar-refractivity contribution in [1.82, 2.24) is 9.55 Å². The van der Waals surface area contributed by atoms with Crippen molar-refractivity contribution >= 4 is 62.2 Å².